The third-order valence-corrected chi connectivity index (χ3v) is 6.34. The summed E-state index contributed by atoms with van der Waals surface area (Å²) in [7, 11) is 0. The zero-order valence-corrected chi connectivity index (χ0v) is 17.3. The number of piperazine rings is 1. The van der Waals surface area contributed by atoms with E-state index in [9.17, 15) is 9.59 Å². The Morgan fingerprint density at radius 2 is 1.59 bits per heavy atom. The van der Waals surface area contributed by atoms with E-state index in [2.05, 4.69) is 10.9 Å². The van der Waals surface area contributed by atoms with Crippen LogP contribution in [0.4, 0.5) is 0 Å². The van der Waals surface area contributed by atoms with Crippen LogP contribution in [-0.4, -0.2) is 54.3 Å². The predicted octanol–water partition coefficient (Wildman–Crippen LogP) is 2.74. The Balaban J connectivity index is 1.40. The number of halogens is 2. The summed E-state index contributed by atoms with van der Waals surface area (Å²) in [4.78, 5) is 29.5. The fourth-order valence-electron chi connectivity index (χ4n) is 3.91. The molecule has 2 fully saturated rings. The van der Waals surface area contributed by atoms with Crippen molar-refractivity contribution in [3.63, 3.8) is 0 Å². The van der Waals surface area contributed by atoms with Gasteiger partial charge in [0, 0.05) is 32.7 Å². The number of carbonyl (C=O) groups excluding carboxylic acids is 2. The maximum atomic E-state index is 13.1. The van der Waals surface area contributed by atoms with E-state index in [1.54, 1.807) is 23.1 Å². The molecule has 2 heterocycles. The van der Waals surface area contributed by atoms with Gasteiger partial charge < -0.3 is 9.80 Å². The molecule has 0 spiro atoms. The maximum Gasteiger partial charge on any atom is 0.255 e. The lowest BCUT2D eigenvalue weighted by atomic mass is 9.93. The highest BCUT2D eigenvalue weighted by Crippen LogP contribution is 2.28. The van der Waals surface area contributed by atoms with Gasteiger partial charge in [-0.3, -0.25) is 15.0 Å². The van der Waals surface area contributed by atoms with Gasteiger partial charge in [-0.15, -0.1) is 0 Å². The van der Waals surface area contributed by atoms with Gasteiger partial charge in [-0.1, -0.05) is 59.6 Å². The second-order valence-electron chi connectivity index (χ2n) is 7.24. The highest BCUT2D eigenvalue weighted by atomic mass is 35.5. The van der Waals surface area contributed by atoms with Crippen molar-refractivity contribution < 1.29 is 9.59 Å². The van der Waals surface area contributed by atoms with Crippen LogP contribution < -0.4 is 10.9 Å². The maximum absolute atomic E-state index is 13.1. The number of nitrogens with zero attached hydrogens (tertiary/aromatic N) is 2. The standard InChI is InChI=1S/C21H22Cl2N4O2/c22-17-8-4-7-15(18(17)23)20(28)26-9-11-27(12-10-26)21(29)16-13-24-25-19(16)14-5-2-1-3-6-14/h1-8,16,19,24-25H,9-13H2. The molecular weight excluding hydrogens is 411 g/mol. The Hall–Kier alpha value is -2.12. The van der Waals surface area contributed by atoms with E-state index in [-0.39, 0.29) is 28.8 Å². The second-order valence-corrected chi connectivity index (χ2v) is 8.02. The molecule has 2 aliphatic heterocycles. The normalized spacial score (nSPS) is 22.0. The van der Waals surface area contributed by atoms with Gasteiger partial charge in [-0.25, -0.2) is 5.43 Å². The number of carbonyl (C=O) groups is 2. The molecule has 2 aromatic carbocycles. The number of amides is 2. The summed E-state index contributed by atoms with van der Waals surface area (Å²) in [5, 5.41) is 0.631. The van der Waals surface area contributed by atoms with E-state index in [0.717, 1.165) is 5.56 Å². The van der Waals surface area contributed by atoms with E-state index in [0.29, 0.717) is 43.3 Å². The van der Waals surface area contributed by atoms with Gasteiger partial charge in [0.2, 0.25) is 5.91 Å². The van der Waals surface area contributed by atoms with Crippen molar-refractivity contribution in [2.45, 2.75) is 6.04 Å². The fraction of sp³-hybridized carbons (Fsp3) is 0.333. The first-order valence-corrected chi connectivity index (χ1v) is 10.4. The lowest BCUT2D eigenvalue weighted by molar-refractivity contribution is -0.137. The molecule has 2 saturated heterocycles. The Kier molecular flexibility index (Phi) is 6.06. The minimum Gasteiger partial charge on any atom is -0.339 e. The van der Waals surface area contributed by atoms with Crippen LogP contribution in [0, 0.1) is 5.92 Å². The highest BCUT2D eigenvalue weighted by Gasteiger charge is 2.37. The molecular formula is C21H22Cl2N4O2. The molecule has 2 amide bonds. The average Bonchev–Trinajstić information content (AvgIpc) is 3.25. The molecule has 4 rings (SSSR count). The van der Waals surface area contributed by atoms with Crippen molar-refractivity contribution in [2.75, 3.05) is 32.7 Å². The molecule has 152 valence electrons. The molecule has 2 atom stereocenters. The molecule has 0 saturated carbocycles. The Morgan fingerprint density at radius 1 is 0.897 bits per heavy atom. The van der Waals surface area contributed by atoms with Gasteiger partial charge in [0.05, 0.1) is 27.6 Å². The predicted molar refractivity (Wildman–Crippen MR) is 113 cm³/mol. The van der Waals surface area contributed by atoms with E-state index >= 15 is 0 Å². The molecule has 2 aliphatic rings. The van der Waals surface area contributed by atoms with Gasteiger partial charge in [-0.05, 0) is 17.7 Å². The molecule has 0 bridgehead atoms. The number of nitrogens with one attached hydrogen (secondary N) is 2. The van der Waals surface area contributed by atoms with Crippen LogP contribution in [0.25, 0.3) is 0 Å². The lowest BCUT2D eigenvalue weighted by Gasteiger charge is -2.36. The molecule has 0 radical (unpaired) electrons. The number of hydrazine groups is 1. The van der Waals surface area contributed by atoms with Crippen LogP contribution in [-0.2, 0) is 4.79 Å². The highest BCUT2D eigenvalue weighted by molar-refractivity contribution is 6.43. The Bertz CT molecular complexity index is 901. The lowest BCUT2D eigenvalue weighted by Crippen LogP contribution is -2.52. The van der Waals surface area contributed by atoms with Crippen molar-refractivity contribution in [1.82, 2.24) is 20.7 Å². The summed E-state index contributed by atoms with van der Waals surface area (Å²) in [6.45, 7) is 2.52. The van der Waals surface area contributed by atoms with E-state index in [1.165, 1.54) is 0 Å². The topological polar surface area (TPSA) is 64.7 Å². The molecule has 0 aliphatic carbocycles. The largest absolute Gasteiger partial charge is 0.339 e. The van der Waals surface area contributed by atoms with Crippen molar-refractivity contribution in [2.24, 2.45) is 5.92 Å². The minimum absolute atomic E-state index is 0.0615. The molecule has 29 heavy (non-hydrogen) atoms. The summed E-state index contributed by atoms with van der Waals surface area (Å²) in [5.41, 5.74) is 7.80. The van der Waals surface area contributed by atoms with Crippen molar-refractivity contribution >= 4 is 35.0 Å². The van der Waals surface area contributed by atoms with Crippen molar-refractivity contribution in [3.8, 4) is 0 Å². The van der Waals surface area contributed by atoms with Gasteiger partial charge in [-0.2, -0.15) is 0 Å². The van der Waals surface area contributed by atoms with Crippen LogP contribution >= 0.6 is 23.2 Å². The summed E-state index contributed by atoms with van der Waals surface area (Å²) >= 11 is 12.2. The molecule has 2 aromatic rings. The number of hydrogen-bond donors (Lipinski definition) is 2. The van der Waals surface area contributed by atoms with Crippen LogP contribution in [0.2, 0.25) is 10.0 Å². The zero-order valence-electron chi connectivity index (χ0n) is 15.8. The summed E-state index contributed by atoms with van der Waals surface area (Å²) in [6.07, 6.45) is 0. The van der Waals surface area contributed by atoms with Crippen molar-refractivity contribution in [1.29, 1.82) is 0 Å². The van der Waals surface area contributed by atoms with Crippen LogP contribution in [0.5, 0.6) is 0 Å². The SMILES string of the molecule is O=C(c1cccc(Cl)c1Cl)N1CCN(C(=O)C2CNNC2c2ccccc2)CC1. The fourth-order valence-corrected chi connectivity index (χ4v) is 4.29. The minimum atomic E-state index is -0.179. The van der Waals surface area contributed by atoms with Crippen LogP contribution in [0.15, 0.2) is 48.5 Å². The number of rotatable bonds is 3. The number of benzene rings is 2. The van der Waals surface area contributed by atoms with E-state index in [1.807, 2.05) is 35.2 Å². The average molecular weight is 433 g/mol. The van der Waals surface area contributed by atoms with Crippen LogP contribution in [0.3, 0.4) is 0 Å². The monoisotopic (exact) mass is 432 g/mol. The van der Waals surface area contributed by atoms with Crippen molar-refractivity contribution in [3.05, 3.63) is 69.7 Å². The number of hydrogen-bond acceptors (Lipinski definition) is 4. The molecule has 0 aromatic heterocycles. The molecule has 8 heteroatoms. The van der Waals surface area contributed by atoms with Gasteiger partial charge in [0.1, 0.15) is 0 Å². The first-order chi connectivity index (χ1) is 14.1. The quantitative estimate of drug-likeness (QED) is 0.782. The zero-order chi connectivity index (χ0) is 20.4. The Morgan fingerprint density at radius 3 is 2.31 bits per heavy atom. The first-order valence-electron chi connectivity index (χ1n) is 9.61. The second kappa shape index (κ2) is 8.71. The third kappa shape index (κ3) is 4.12. The molecule has 2 unspecified atom stereocenters. The molecule has 6 nitrogen and oxygen atoms in total. The van der Waals surface area contributed by atoms with Crippen LogP contribution in [0.1, 0.15) is 22.0 Å². The Labute approximate surface area is 179 Å². The molecule has 2 N–H and O–H groups in total. The smallest absolute Gasteiger partial charge is 0.255 e. The van der Waals surface area contributed by atoms with Gasteiger partial charge in [0.25, 0.3) is 5.91 Å². The van der Waals surface area contributed by atoms with E-state index < -0.39 is 0 Å². The summed E-state index contributed by atoms with van der Waals surface area (Å²) < 4.78 is 0. The van der Waals surface area contributed by atoms with Gasteiger partial charge in [0.15, 0.2) is 0 Å². The van der Waals surface area contributed by atoms with E-state index in [4.69, 9.17) is 23.2 Å². The van der Waals surface area contributed by atoms with Gasteiger partial charge >= 0.3 is 0 Å². The third-order valence-electron chi connectivity index (χ3n) is 5.52. The summed E-state index contributed by atoms with van der Waals surface area (Å²) in [5.74, 6) is -0.234. The first kappa shape index (κ1) is 20.2. The summed E-state index contributed by atoms with van der Waals surface area (Å²) in [6, 6.07) is 14.9.